The highest BCUT2D eigenvalue weighted by Crippen LogP contribution is 2.29. The second kappa shape index (κ2) is 7.08. The number of carbonyl (C=O) groups excluding carboxylic acids is 4. The predicted octanol–water partition coefficient (Wildman–Crippen LogP) is 3.12. The lowest BCUT2D eigenvalue weighted by molar-refractivity contribution is -0.148. The van der Waals surface area contributed by atoms with Crippen LogP contribution >= 0.6 is 0 Å². The summed E-state index contributed by atoms with van der Waals surface area (Å²) in [4.78, 5) is 51.6. The van der Waals surface area contributed by atoms with Crippen molar-refractivity contribution in [3.05, 3.63) is 65.7 Å². The molecule has 2 aromatic rings. The van der Waals surface area contributed by atoms with Gasteiger partial charge in [0.15, 0.2) is 0 Å². The minimum absolute atomic E-state index is 0.0375. The monoisotopic (exact) mass is 401 g/mol. The predicted molar refractivity (Wildman–Crippen MR) is 98.5 cm³/mol. The lowest BCUT2D eigenvalue weighted by Crippen LogP contribution is -2.58. The van der Waals surface area contributed by atoms with E-state index in [9.17, 15) is 28.0 Å². The first-order valence-corrected chi connectivity index (χ1v) is 8.61. The Morgan fingerprint density at radius 1 is 0.897 bits per heavy atom. The summed E-state index contributed by atoms with van der Waals surface area (Å²) in [7, 11) is 0. The average Bonchev–Trinajstić information content (AvgIpc) is 2.86. The summed E-state index contributed by atoms with van der Waals surface area (Å²) < 4.78 is 27.4. The maximum Gasteiger partial charge on any atom is 0.358 e. The molecule has 0 aromatic heterocycles. The molecular weight excluding hydrogens is 384 g/mol. The fraction of sp³-hybridized carbons (Fsp3) is 0.200. The van der Waals surface area contributed by atoms with Crippen molar-refractivity contribution in [2.24, 2.45) is 0 Å². The van der Waals surface area contributed by atoms with Crippen molar-refractivity contribution in [1.82, 2.24) is 10.0 Å². The maximum absolute atomic E-state index is 14.2. The summed E-state index contributed by atoms with van der Waals surface area (Å²) in [5.74, 6) is -4.89. The van der Waals surface area contributed by atoms with Crippen LogP contribution in [0.15, 0.2) is 48.5 Å². The number of benzene rings is 2. The molecule has 0 N–H and O–H groups in total. The van der Waals surface area contributed by atoms with E-state index in [1.54, 1.807) is 0 Å². The molecule has 5 amide bonds. The van der Waals surface area contributed by atoms with Crippen molar-refractivity contribution in [3.8, 4) is 0 Å². The number of nitrogens with zero attached hydrogens (tertiary/aromatic N) is 3. The Labute approximate surface area is 165 Å². The molecule has 1 heterocycles. The summed E-state index contributed by atoms with van der Waals surface area (Å²) in [5, 5.41) is 1.14. The van der Waals surface area contributed by atoms with E-state index < -0.39 is 40.9 Å². The van der Waals surface area contributed by atoms with Gasteiger partial charge in [-0.05, 0) is 57.2 Å². The number of imide groups is 2. The van der Waals surface area contributed by atoms with Crippen molar-refractivity contribution in [2.75, 3.05) is 4.90 Å². The van der Waals surface area contributed by atoms with Gasteiger partial charge < -0.3 is 0 Å². The highest BCUT2D eigenvalue weighted by Gasteiger charge is 2.52. The first-order chi connectivity index (χ1) is 13.5. The Morgan fingerprint density at radius 2 is 1.48 bits per heavy atom. The minimum atomic E-state index is -1.28. The number of halogens is 2. The maximum atomic E-state index is 14.2. The molecule has 1 aliphatic rings. The van der Waals surface area contributed by atoms with Gasteiger partial charge in [0.25, 0.3) is 5.91 Å². The fourth-order valence-corrected chi connectivity index (χ4v) is 2.89. The highest BCUT2D eigenvalue weighted by molar-refractivity contribution is 6.52. The van der Waals surface area contributed by atoms with Crippen molar-refractivity contribution in [3.63, 3.8) is 0 Å². The van der Waals surface area contributed by atoms with Gasteiger partial charge in [0.1, 0.15) is 11.6 Å². The van der Waals surface area contributed by atoms with Gasteiger partial charge in [-0.1, -0.05) is 12.1 Å². The van der Waals surface area contributed by atoms with Gasteiger partial charge in [0, 0.05) is 0 Å². The van der Waals surface area contributed by atoms with Gasteiger partial charge in [-0.2, -0.15) is 5.01 Å². The second-order valence-electron chi connectivity index (χ2n) is 7.28. The van der Waals surface area contributed by atoms with Crippen LogP contribution in [0.1, 0.15) is 31.1 Å². The Bertz CT molecular complexity index is 1020. The molecule has 0 unspecified atom stereocenters. The van der Waals surface area contributed by atoms with E-state index >= 15 is 0 Å². The van der Waals surface area contributed by atoms with E-state index in [-0.39, 0.29) is 11.3 Å². The number of hydrazine groups is 1. The molecule has 0 radical (unpaired) electrons. The van der Waals surface area contributed by atoms with Crippen LogP contribution in [-0.4, -0.2) is 39.3 Å². The number of rotatable bonds is 3. The quantitative estimate of drug-likeness (QED) is 0.585. The molecule has 1 aliphatic heterocycles. The van der Waals surface area contributed by atoms with Crippen LogP contribution < -0.4 is 4.90 Å². The van der Waals surface area contributed by atoms with E-state index in [1.165, 1.54) is 39.0 Å². The first kappa shape index (κ1) is 20.1. The normalized spacial score (nSPS) is 14.6. The Morgan fingerprint density at radius 3 is 2.03 bits per heavy atom. The number of hydrogen-bond acceptors (Lipinski definition) is 4. The SMILES string of the molecule is CC(C)(C)N(C(=O)c1ccccc1F)N1C(=O)C(=O)N(c2ccc(F)cc2)C1=O. The molecule has 2 aromatic carbocycles. The third-order valence-corrected chi connectivity index (χ3v) is 4.17. The van der Waals surface area contributed by atoms with Gasteiger partial charge >= 0.3 is 17.8 Å². The molecule has 1 saturated heterocycles. The molecule has 0 bridgehead atoms. The molecule has 0 aliphatic carbocycles. The molecule has 1 fully saturated rings. The third-order valence-electron chi connectivity index (χ3n) is 4.17. The number of anilines is 1. The van der Waals surface area contributed by atoms with Crippen molar-refractivity contribution in [2.45, 2.75) is 26.3 Å². The van der Waals surface area contributed by atoms with Gasteiger partial charge in [-0.25, -0.2) is 23.5 Å². The number of carbonyl (C=O) groups is 4. The highest BCUT2D eigenvalue weighted by atomic mass is 19.1. The number of amides is 5. The largest absolute Gasteiger partial charge is 0.358 e. The van der Waals surface area contributed by atoms with Crippen LogP contribution in [0.25, 0.3) is 0 Å². The zero-order valence-corrected chi connectivity index (χ0v) is 15.8. The van der Waals surface area contributed by atoms with Gasteiger partial charge in [0.05, 0.1) is 16.8 Å². The van der Waals surface area contributed by atoms with Crippen molar-refractivity contribution >= 4 is 29.4 Å². The molecule has 0 saturated carbocycles. The molecule has 150 valence electrons. The van der Waals surface area contributed by atoms with E-state index in [1.807, 2.05) is 0 Å². The van der Waals surface area contributed by atoms with Gasteiger partial charge in [-0.15, -0.1) is 0 Å². The smallest absolute Gasteiger partial charge is 0.267 e. The number of hydrogen-bond donors (Lipinski definition) is 0. The molecule has 0 spiro atoms. The van der Waals surface area contributed by atoms with Crippen molar-refractivity contribution < 1.29 is 28.0 Å². The lowest BCUT2D eigenvalue weighted by Gasteiger charge is -2.39. The van der Waals surface area contributed by atoms with Crippen molar-refractivity contribution in [1.29, 1.82) is 0 Å². The summed E-state index contributed by atoms with van der Waals surface area (Å²) in [6, 6.07) is 8.33. The molecule has 29 heavy (non-hydrogen) atoms. The zero-order chi connectivity index (χ0) is 21.5. The molecule has 9 heteroatoms. The fourth-order valence-electron chi connectivity index (χ4n) is 2.89. The van der Waals surface area contributed by atoms with Gasteiger partial charge in [-0.3, -0.25) is 14.4 Å². The van der Waals surface area contributed by atoms with Crippen LogP contribution in [0.4, 0.5) is 19.3 Å². The minimum Gasteiger partial charge on any atom is -0.267 e. The summed E-state index contributed by atoms with van der Waals surface area (Å²) >= 11 is 0. The van der Waals surface area contributed by atoms with Crippen LogP contribution in [0, 0.1) is 11.6 Å². The zero-order valence-electron chi connectivity index (χ0n) is 15.8. The first-order valence-electron chi connectivity index (χ1n) is 8.61. The Hall–Kier alpha value is -3.62. The van der Waals surface area contributed by atoms with Crippen LogP contribution in [-0.2, 0) is 9.59 Å². The van der Waals surface area contributed by atoms with Crippen LogP contribution in [0.5, 0.6) is 0 Å². The van der Waals surface area contributed by atoms with Crippen LogP contribution in [0.2, 0.25) is 0 Å². The molecule has 0 atom stereocenters. The van der Waals surface area contributed by atoms with E-state index in [0.29, 0.717) is 9.91 Å². The van der Waals surface area contributed by atoms with E-state index in [4.69, 9.17) is 0 Å². The average molecular weight is 401 g/mol. The lowest BCUT2D eigenvalue weighted by atomic mass is 10.1. The summed E-state index contributed by atoms with van der Waals surface area (Å²) in [6.07, 6.45) is 0. The summed E-state index contributed by atoms with van der Waals surface area (Å²) in [6.45, 7) is 4.58. The standard InChI is InChI=1S/C20H17F2N3O4/c1-20(2,3)25(16(26)14-6-4-5-7-15(14)22)24-18(28)17(27)23(19(24)29)13-10-8-12(21)9-11-13/h4-11H,1-3H3. The van der Waals surface area contributed by atoms with E-state index in [0.717, 1.165) is 35.3 Å². The topological polar surface area (TPSA) is 78.0 Å². The number of urea groups is 1. The van der Waals surface area contributed by atoms with Crippen LogP contribution in [0.3, 0.4) is 0 Å². The van der Waals surface area contributed by atoms with E-state index in [2.05, 4.69) is 0 Å². The van der Waals surface area contributed by atoms with Gasteiger partial charge in [0.2, 0.25) is 0 Å². The molecular formula is C20H17F2N3O4. The molecule has 3 rings (SSSR count). The molecule has 7 nitrogen and oxygen atoms in total. The Balaban J connectivity index is 2.07. The Kier molecular flexibility index (Phi) is 4.91. The second-order valence-corrected chi connectivity index (χ2v) is 7.28. The third kappa shape index (κ3) is 3.46. The summed E-state index contributed by atoms with van der Waals surface area (Å²) in [5.41, 5.74) is -1.57.